The summed E-state index contributed by atoms with van der Waals surface area (Å²) in [4.78, 5) is 0. The van der Waals surface area contributed by atoms with Gasteiger partial charge in [0.1, 0.15) is 5.75 Å². The third-order valence-corrected chi connectivity index (χ3v) is 3.16. The van der Waals surface area contributed by atoms with Gasteiger partial charge in [0.15, 0.2) is 16.6 Å². The van der Waals surface area contributed by atoms with Gasteiger partial charge in [-0.15, -0.1) is 0 Å². The first-order valence-electron chi connectivity index (χ1n) is 7.03. The van der Waals surface area contributed by atoms with Crippen LogP contribution in [0.25, 0.3) is 0 Å². The Morgan fingerprint density at radius 3 is 2.36 bits per heavy atom. The summed E-state index contributed by atoms with van der Waals surface area (Å²) >= 11 is 5.12. The minimum absolute atomic E-state index is 0.490. The fourth-order valence-corrected chi connectivity index (χ4v) is 1.89. The van der Waals surface area contributed by atoms with Gasteiger partial charge in [-0.3, -0.25) is 5.43 Å². The van der Waals surface area contributed by atoms with Crippen molar-refractivity contribution in [2.24, 2.45) is 5.10 Å². The van der Waals surface area contributed by atoms with Crippen molar-refractivity contribution in [3.8, 4) is 17.2 Å². The summed E-state index contributed by atoms with van der Waals surface area (Å²) in [6.07, 6.45) is 3.80. The number of hydrazone groups is 1. The van der Waals surface area contributed by atoms with E-state index in [1.54, 1.807) is 39.7 Å². The Labute approximate surface area is 136 Å². The summed E-state index contributed by atoms with van der Waals surface area (Å²) in [6.45, 7) is 2.96. The second-order valence-corrected chi connectivity index (χ2v) is 4.84. The first-order valence-corrected chi connectivity index (χ1v) is 7.44. The van der Waals surface area contributed by atoms with E-state index in [4.69, 9.17) is 26.4 Å². The Morgan fingerprint density at radius 1 is 1.14 bits per heavy atom. The molecule has 0 aliphatic heterocycles. The van der Waals surface area contributed by atoms with E-state index in [1.165, 1.54) is 0 Å². The number of methoxy groups -OCH3 is 3. The lowest BCUT2D eigenvalue weighted by Gasteiger charge is -2.12. The molecule has 0 saturated carbocycles. The molecular weight excluding hydrogens is 302 g/mol. The van der Waals surface area contributed by atoms with Crippen LogP contribution in [-0.4, -0.2) is 39.2 Å². The number of thiocarbonyl (C=S) groups is 1. The molecule has 0 radical (unpaired) electrons. The molecular formula is C15H23N3O3S. The predicted molar refractivity (Wildman–Crippen MR) is 92.3 cm³/mol. The van der Waals surface area contributed by atoms with E-state index in [1.807, 2.05) is 0 Å². The molecule has 0 unspecified atom stereocenters. The number of benzene rings is 1. The van der Waals surface area contributed by atoms with Crippen molar-refractivity contribution in [2.75, 3.05) is 27.9 Å². The molecule has 0 saturated heterocycles. The molecule has 22 heavy (non-hydrogen) atoms. The van der Waals surface area contributed by atoms with Crippen LogP contribution < -0.4 is 25.0 Å². The lowest BCUT2D eigenvalue weighted by molar-refractivity contribution is 0.349. The highest BCUT2D eigenvalue weighted by atomic mass is 32.1. The monoisotopic (exact) mass is 325 g/mol. The molecule has 0 heterocycles. The molecule has 1 aromatic rings. The molecule has 6 nitrogen and oxygen atoms in total. The van der Waals surface area contributed by atoms with Gasteiger partial charge in [0.25, 0.3) is 0 Å². The average Bonchev–Trinajstić information content (AvgIpc) is 2.54. The number of hydrogen-bond donors (Lipinski definition) is 2. The Kier molecular flexibility index (Phi) is 8.06. The van der Waals surface area contributed by atoms with E-state index in [0.717, 1.165) is 24.9 Å². The fraction of sp³-hybridized carbons (Fsp3) is 0.467. The Balaban J connectivity index is 2.75. The molecule has 122 valence electrons. The van der Waals surface area contributed by atoms with Crippen molar-refractivity contribution < 1.29 is 14.2 Å². The first-order chi connectivity index (χ1) is 10.7. The van der Waals surface area contributed by atoms with Gasteiger partial charge in [0.2, 0.25) is 0 Å². The number of nitrogens with one attached hydrogen (secondary N) is 2. The standard InChI is InChI=1S/C15H23N3O3S/c1-5-6-7-16-15(22)18-17-10-11-8-13(20-3)14(21-4)9-12(11)19-2/h8-10H,5-7H2,1-4H3,(H2,16,18,22). The van der Waals surface area contributed by atoms with Crippen LogP contribution in [0, 0.1) is 0 Å². The van der Waals surface area contributed by atoms with Gasteiger partial charge in [0, 0.05) is 18.2 Å². The Hall–Kier alpha value is -2.02. The van der Waals surface area contributed by atoms with Crippen LogP contribution >= 0.6 is 12.2 Å². The molecule has 0 bridgehead atoms. The second kappa shape index (κ2) is 9.83. The summed E-state index contributed by atoms with van der Waals surface area (Å²) in [5.74, 6) is 1.84. The predicted octanol–water partition coefficient (Wildman–Crippen LogP) is 2.31. The summed E-state index contributed by atoms with van der Waals surface area (Å²) in [5.41, 5.74) is 3.52. The van der Waals surface area contributed by atoms with E-state index in [9.17, 15) is 0 Å². The zero-order chi connectivity index (χ0) is 16.4. The molecule has 0 aromatic heterocycles. The topological polar surface area (TPSA) is 64.1 Å². The third kappa shape index (κ3) is 5.40. The minimum atomic E-state index is 0.490. The molecule has 0 aliphatic rings. The first kappa shape index (κ1) is 18.0. The van der Waals surface area contributed by atoms with Crippen LogP contribution in [0.5, 0.6) is 17.2 Å². The Bertz CT molecular complexity index is 521. The van der Waals surface area contributed by atoms with Crippen molar-refractivity contribution in [1.82, 2.24) is 10.7 Å². The maximum atomic E-state index is 5.32. The lowest BCUT2D eigenvalue weighted by atomic mass is 10.2. The van der Waals surface area contributed by atoms with Crippen LogP contribution in [-0.2, 0) is 0 Å². The number of nitrogens with zero attached hydrogens (tertiary/aromatic N) is 1. The van der Waals surface area contributed by atoms with Gasteiger partial charge >= 0.3 is 0 Å². The summed E-state index contributed by atoms with van der Waals surface area (Å²) in [7, 11) is 4.74. The molecule has 0 spiro atoms. The molecule has 1 aromatic carbocycles. The van der Waals surface area contributed by atoms with Crippen LogP contribution in [0.4, 0.5) is 0 Å². The van der Waals surface area contributed by atoms with Crippen LogP contribution in [0.15, 0.2) is 17.2 Å². The SMILES string of the molecule is CCCCNC(=S)NN=Cc1cc(OC)c(OC)cc1OC. The van der Waals surface area contributed by atoms with Gasteiger partial charge < -0.3 is 19.5 Å². The molecule has 2 N–H and O–H groups in total. The van der Waals surface area contributed by atoms with E-state index in [-0.39, 0.29) is 0 Å². The zero-order valence-electron chi connectivity index (χ0n) is 13.4. The maximum Gasteiger partial charge on any atom is 0.186 e. The highest BCUT2D eigenvalue weighted by Crippen LogP contribution is 2.33. The van der Waals surface area contributed by atoms with Gasteiger partial charge in [-0.2, -0.15) is 5.10 Å². The van der Waals surface area contributed by atoms with Crippen molar-refractivity contribution in [2.45, 2.75) is 19.8 Å². The molecule has 0 aliphatic carbocycles. The van der Waals surface area contributed by atoms with Gasteiger partial charge in [-0.05, 0) is 24.7 Å². The lowest BCUT2D eigenvalue weighted by Crippen LogP contribution is -2.32. The van der Waals surface area contributed by atoms with Crippen LogP contribution in [0.1, 0.15) is 25.3 Å². The highest BCUT2D eigenvalue weighted by molar-refractivity contribution is 7.80. The van der Waals surface area contributed by atoms with Crippen molar-refractivity contribution in [3.63, 3.8) is 0 Å². The Morgan fingerprint density at radius 2 is 1.77 bits per heavy atom. The molecule has 7 heteroatoms. The smallest absolute Gasteiger partial charge is 0.186 e. The van der Waals surface area contributed by atoms with Gasteiger partial charge in [-0.1, -0.05) is 13.3 Å². The number of hydrogen-bond acceptors (Lipinski definition) is 5. The third-order valence-electron chi connectivity index (χ3n) is 2.92. The van der Waals surface area contributed by atoms with E-state index < -0.39 is 0 Å². The number of rotatable bonds is 8. The quantitative estimate of drug-likeness (QED) is 0.331. The van der Waals surface area contributed by atoms with Crippen molar-refractivity contribution in [3.05, 3.63) is 17.7 Å². The zero-order valence-corrected chi connectivity index (χ0v) is 14.3. The van der Waals surface area contributed by atoms with E-state index in [2.05, 4.69) is 22.8 Å². The minimum Gasteiger partial charge on any atom is -0.496 e. The normalized spacial score (nSPS) is 10.4. The highest BCUT2D eigenvalue weighted by Gasteiger charge is 2.10. The second-order valence-electron chi connectivity index (χ2n) is 4.43. The maximum absolute atomic E-state index is 5.32. The van der Waals surface area contributed by atoms with Crippen molar-refractivity contribution in [1.29, 1.82) is 0 Å². The van der Waals surface area contributed by atoms with Gasteiger partial charge in [0.05, 0.1) is 27.5 Å². The van der Waals surface area contributed by atoms with E-state index in [0.29, 0.717) is 22.4 Å². The molecule has 1 rings (SSSR count). The van der Waals surface area contributed by atoms with Crippen LogP contribution in [0.3, 0.4) is 0 Å². The summed E-state index contributed by atoms with van der Waals surface area (Å²) in [5, 5.41) is 7.66. The number of ether oxygens (including phenoxy) is 3. The fourth-order valence-electron chi connectivity index (χ4n) is 1.73. The molecule has 0 atom stereocenters. The number of unbranched alkanes of at least 4 members (excludes halogenated alkanes) is 1. The van der Waals surface area contributed by atoms with Gasteiger partial charge in [-0.25, -0.2) is 0 Å². The average molecular weight is 325 g/mol. The molecule has 0 fully saturated rings. The largest absolute Gasteiger partial charge is 0.496 e. The van der Waals surface area contributed by atoms with Crippen LogP contribution in [0.2, 0.25) is 0 Å². The summed E-state index contributed by atoms with van der Waals surface area (Å²) < 4.78 is 15.8. The van der Waals surface area contributed by atoms with E-state index >= 15 is 0 Å². The molecule has 0 amide bonds. The summed E-state index contributed by atoms with van der Waals surface area (Å²) in [6, 6.07) is 3.54. The van der Waals surface area contributed by atoms with Crippen molar-refractivity contribution >= 4 is 23.5 Å².